The normalized spacial score (nSPS) is 11.9. The van der Waals surface area contributed by atoms with Crippen LogP contribution in [0, 0.1) is 6.92 Å². The number of hydrogen-bond acceptors (Lipinski definition) is 5. The minimum Gasteiger partial charge on any atom is -0.497 e. The van der Waals surface area contributed by atoms with E-state index in [9.17, 15) is 18.0 Å². The number of aryl methyl sites for hydroxylation is 1. The fourth-order valence-electron chi connectivity index (χ4n) is 4.09. The van der Waals surface area contributed by atoms with Crippen molar-refractivity contribution < 1.29 is 22.7 Å². The number of likely N-dealkylation sites (N-methyl/N-ethyl adjacent to an activating group) is 1. The Bertz CT molecular complexity index is 1380. The molecule has 10 heteroatoms. The van der Waals surface area contributed by atoms with Gasteiger partial charge in [-0.25, -0.2) is 8.42 Å². The molecule has 202 valence electrons. The Morgan fingerprint density at radius 1 is 1.03 bits per heavy atom. The zero-order valence-electron chi connectivity index (χ0n) is 21.8. The van der Waals surface area contributed by atoms with Crippen molar-refractivity contribution in [1.82, 2.24) is 10.2 Å². The molecular weight excluding hydrogens is 526 g/mol. The van der Waals surface area contributed by atoms with Crippen LogP contribution >= 0.6 is 11.6 Å². The molecule has 0 aromatic heterocycles. The lowest BCUT2D eigenvalue weighted by Crippen LogP contribution is -2.51. The molecule has 3 rings (SSSR count). The van der Waals surface area contributed by atoms with Crippen LogP contribution < -0.4 is 14.4 Å². The number of sulfonamides is 1. The summed E-state index contributed by atoms with van der Waals surface area (Å²) in [5, 5.41) is 2.94. The van der Waals surface area contributed by atoms with Crippen molar-refractivity contribution in [2.24, 2.45) is 0 Å². The fourth-order valence-corrected chi connectivity index (χ4v) is 5.68. The number of anilines is 1. The Kier molecular flexibility index (Phi) is 9.77. The molecule has 0 aliphatic heterocycles. The van der Waals surface area contributed by atoms with Crippen molar-refractivity contribution in [3.05, 3.63) is 88.9 Å². The molecule has 1 atom stereocenters. The molecule has 3 aromatic rings. The first-order valence-electron chi connectivity index (χ1n) is 12.1. The summed E-state index contributed by atoms with van der Waals surface area (Å²) in [4.78, 5) is 28.1. The molecule has 38 heavy (non-hydrogen) atoms. The van der Waals surface area contributed by atoms with Crippen LogP contribution in [0.25, 0.3) is 0 Å². The maximum Gasteiger partial charge on any atom is 0.264 e. The Balaban J connectivity index is 2.07. The minimum atomic E-state index is -4.19. The van der Waals surface area contributed by atoms with Gasteiger partial charge in [0.2, 0.25) is 11.8 Å². The number of carbonyl (C=O) groups is 2. The van der Waals surface area contributed by atoms with Gasteiger partial charge in [-0.1, -0.05) is 48.9 Å². The molecule has 2 amide bonds. The quantitative estimate of drug-likeness (QED) is 0.377. The van der Waals surface area contributed by atoms with E-state index < -0.39 is 28.5 Å². The van der Waals surface area contributed by atoms with Gasteiger partial charge >= 0.3 is 0 Å². The monoisotopic (exact) mass is 557 g/mol. The zero-order valence-corrected chi connectivity index (χ0v) is 23.4. The van der Waals surface area contributed by atoms with Crippen LogP contribution in [0.2, 0.25) is 5.02 Å². The number of amides is 2. The summed E-state index contributed by atoms with van der Waals surface area (Å²) in [6.07, 6.45) is 0.347. The molecule has 8 nitrogen and oxygen atoms in total. The van der Waals surface area contributed by atoms with Gasteiger partial charge in [-0.15, -0.1) is 0 Å². The molecule has 0 aliphatic rings. The number of halogens is 1. The van der Waals surface area contributed by atoms with Gasteiger partial charge in [-0.3, -0.25) is 13.9 Å². The maximum atomic E-state index is 13.9. The third-order valence-corrected chi connectivity index (χ3v) is 8.28. The Labute approximate surface area is 229 Å². The van der Waals surface area contributed by atoms with E-state index in [1.54, 1.807) is 25.1 Å². The molecule has 1 N–H and O–H groups in total. The predicted octanol–water partition coefficient (Wildman–Crippen LogP) is 4.41. The number of nitrogens with zero attached hydrogens (tertiary/aromatic N) is 2. The Morgan fingerprint density at radius 2 is 1.71 bits per heavy atom. The van der Waals surface area contributed by atoms with Crippen LogP contribution in [-0.2, 0) is 26.2 Å². The van der Waals surface area contributed by atoms with Crippen LogP contribution in [0.1, 0.15) is 24.5 Å². The smallest absolute Gasteiger partial charge is 0.264 e. The lowest BCUT2D eigenvalue weighted by molar-refractivity contribution is -0.140. The number of carbonyl (C=O) groups excluding carboxylic acids is 2. The topological polar surface area (TPSA) is 96.0 Å². The lowest BCUT2D eigenvalue weighted by Gasteiger charge is -2.33. The van der Waals surface area contributed by atoms with Gasteiger partial charge in [0.05, 0.1) is 17.7 Å². The summed E-state index contributed by atoms with van der Waals surface area (Å²) in [6.45, 7) is 3.34. The average Bonchev–Trinajstić information content (AvgIpc) is 2.92. The van der Waals surface area contributed by atoms with Crippen LogP contribution in [0.3, 0.4) is 0 Å². The van der Waals surface area contributed by atoms with Crippen molar-refractivity contribution >= 4 is 39.1 Å². The maximum absolute atomic E-state index is 13.9. The molecule has 0 saturated carbocycles. The van der Waals surface area contributed by atoms with Crippen molar-refractivity contribution in [3.8, 4) is 5.75 Å². The highest BCUT2D eigenvalue weighted by molar-refractivity contribution is 7.92. The summed E-state index contributed by atoms with van der Waals surface area (Å²) < 4.78 is 33.8. The van der Waals surface area contributed by atoms with E-state index >= 15 is 0 Å². The number of nitrogens with one attached hydrogen (secondary N) is 1. The molecule has 0 heterocycles. The van der Waals surface area contributed by atoms with Gasteiger partial charge in [0.1, 0.15) is 18.3 Å². The van der Waals surface area contributed by atoms with Gasteiger partial charge in [0.15, 0.2) is 0 Å². The van der Waals surface area contributed by atoms with E-state index in [0.717, 1.165) is 15.4 Å². The lowest BCUT2D eigenvalue weighted by atomic mass is 10.1. The third kappa shape index (κ3) is 6.65. The third-order valence-electron chi connectivity index (χ3n) is 6.26. The summed E-state index contributed by atoms with van der Waals surface area (Å²) in [5.74, 6) is -0.363. The SMILES string of the molecule is CC[C@H](C(=O)NC)N(Cc1ccccc1C)C(=O)CN(c1cccc(Cl)c1)S(=O)(=O)c1ccc(OC)cc1. The van der Waals surface area contributed by atoms with Gasteiger partial charge in [-0.2, -0.15) is 0 Å². The molecule has 0 aliphatic carbocycles. The van der Waals surface area contributed by atoms with Gasteiger partial charge < -0.3 is 15.0 Å². The van der Waals surface area contributed by atoms with Crippen molar-refractivity contribution in [2.45, 2.75) is 37.8 Å². The highest BCUT2D eigenvalue weighted by Crippen LogP contribution is 2.28. The summed E-state index contributed by atoms with van der Waals surface area (Å²) in [7, 11) is -1.20. The fraction of sp³-hybridized carbons (Fsp3) is 0.286. The number of methoxy groups -OCH3 is 1. The highest BCUT2D eigenvalue weighted by atomic mass is 35.5. The molecule has 0 unspecified atom stereocenters. The number of rotatable bonds is 11. The second-order valence-corrected chi connectivity index (χ2v) is 11.0. The minimum absolute atomic E-state index is 0.0186. The van der Waals surface area contributed by atoms with E-state index in [1.165, 1.54) is 49.4 Å². The van der Waals surface area contributed by atoms with E-state index in [0.29, 0.717) is 17.2 Å². The largest absolute Gasteiger partial charge is 0.497 e. The van der Waals surface area contributed by atoms with Crippen molar-refractivity contribution in [2.75, 3.05) is 25.0 Å². The molecule has 0 saturated heterocycles. The average molecular weight is 558 g/mol. The first kappa shape index (κ1) is 29.0. The standard InChI is InChI=1S/C28H32ClN3O5S/c1-5-26(28(34)30-3)31(18-21-10-7-6-9-20(21)2)27(33)19-32(23-12-8-11-22(29)17-23)38(35,36)25-15-13-24(37-4)14-16-25/h6-17,26H,5,18-19H2,1-4H3,(H,30,34)/t26-/m1/s1. The predicted molar refractivity (Wildman–Crippen MR) is 149 cm³/mol. The summed E-state index contributed by atoms with van der Waals surface area (Å²) >= 11 is 6.20. The van der Waals surface area contributed by atoms with Crippen molar-refractivity contribution in [1.29, 1.82) is 0 Å². The first-order valence-corrected chi connectivity index (χ1v) is 13.9. The number of ether oxygens (including phenoxy) is 1. The second-order valence-electron chi connectivity index (χ2n) is 8.65. The molecule has 0 radical (unpaired) electrons. The number of hydrogen-bond donors (Lipinski definition) is 1. The molecule has 3 aromatic carbocycles. The Hall–Kier alpha value is -3.56. The van der Waals surface area contributed by atoms with E-state index in [-0.39, 0.29) is 23.0 Å². The molecule has 0 fully saturated rings. The van der Waals surface area contributed by atoms with E-state index in [4.69, 9.17) is 16.3 Å². The van der Waals surface area contributed by atoms with Crippen LogP contribution in [0.5, 0.6) is 5.75 Å². The summed E-state index contributed by atoms with van der Waals surface area (Å²) in [6, 6.07) is 19.0. The highest BCUT2D eigenvalue weighted by Gasteiger charge is 2.33. The summed E-state index contributed by atoms with van der Waals surface area (Å²) in [5.41, 5.74) is 2.04. The van der Waals surface area contributed by atoms with Crippen molar-refractivity contribution in [3.63, 3.8) is 0 Å². The molecule has 0 spiro atoms. The van der Waals surface area contributed by atoms with Crippen LogP contribution in [0.15, 0.2) is 77.7 Å². The Morgan fingerprint density at radius 3 is 2.29 bits per heavy atom. The zero-order chi connectivity index (χ0) is 27.9. The van der Waals surface area contributed by atoms with Gasteiger partial charge in [0, 0.05) is 18.6 Å². The van der Waals surface area contributed by atoms with E-state index in [1.807, 2.05) is 31.2 Å². The van der Waals surface area contributed by atoms with Crippen LogP contribution in [0.4, 0.5) is 5.69 Å². The molecular formula is C28H32ClN3O5S. The van der Waals surface area contributed by atoms with Gasteiger partial charge in [-0.05, 0) is 66.9 Å². The second kappa shape index (κ2) is 12.8. The van der Waals surface area contributed by atoms with Crippen LogP contribution in [-0.4, -0.2) is 51.9 Å². The first-order chi connectivity index (χ1) is 18.1. The number of benzene rings is 3. The van der Waals surface area contributed by atoms with E-state index in [2.05, 4.69) is 5.32 Å². The molecule has 0 bridgehead atoms. The van der Waals surface area contributed by atoms with Gasteiger partial charge in [0.25, 0.3) is 10.0 Å².